The van der Waals surface area contributed by atoms with Gasteiger partial charge in [-0.2, -0.15) is 15.1 Å². The monoisotopic (exact) mass is 467 g/mol. The van der Waals surface area contributed by atoms with E-state index < -0.39 is 5.91 Å². The second-order valence-electron chi connectivity index (χ2n) is 8.29. The molecule has 0 aliphatic rings. The Kier molecular flexibility index (Phi) is 6.05. The number of halogens is 1. The highest BCUT2D eigenvalue weighted by molar-refractivity contribution is 6.31. The van der Waals surface area contributed by atoms with Crippen molar-refractivity contribution in [3.05, 3.63) is 59.1 Å². The third-order valence-corrected chi connectivity index (χ3v) is 4.90. The summed E-state index contributed by atoms with van der Waals surface area (Å²) in [6.45, 7) is 5.97. The summed E-state index contributed by atoms with van der Waals surface area (Å²) in [6.07, 6.45) is 3.22. The summed E-state index contributed by atoms with van der Waals surface area (Å²) in [4.78, 5) is 29.3. The van der Waals surface area contributed by atoms with Crippen molar-refractivity contribution >= 4 is 29.3 Å². The van der Waals surface area contributed by atoms with Gasteiger partial charge in [0.1, 0.15) is 6.33 Å². The Labute approximate surface area is 194 Å². The van der Waals surface area contributed by atoms with E-state index in [-0.39, 0.29) is 17.8 Å². The highest BCUT2D eigenvalue weighted by Crippen LogP contribution is 2.24. The second-order valence-corrected chi connectivity index (χ2v) is 8.70. The van der Waals surface area contributed by atoms with Crippen LogP contribution in [0.2, 0.25) is 5.02 Å². The molecule has 33 heavy (non-hydrogen) atoms. The number of nitrogens with zero attached hydrogens (tertiary/aromatic N) is 7. The molecule has 170 valence electrons. The summed E-state index contributed by atoms with van der Waals surface area (Å²) in [6, 6.07) is 7.15. The molecule has 1 amide bonds. The van der Waals surface area contributed by atoms with Crippen molar-refractivity contribution < 1.29 is 9.32 Å². The molecule has 0 bridgehead atoms. The molecule has 3 heterocycles. The lowest BCUT2D eigenvalue weighted by atomic mass is 9.97. The average molecular weight is 468 g/mol. The van der Waals surface area contributed by atoms with Crippen molar-refractivity contribution in [3.63, 3.8) is 0 Å². The second kappa shape index (κ2) is 8.94. The maximum atomic E-state index is 12.4. The van der Waals surface area contributed by atoms with Crippen molar-refractivity contribution in [1.29, 1.82) is 0 Å². The number of hydrogen-bond acceptors (Lipinski definition) is 9. The maximum absolute atomic E-state index is 12.4. The first kappa shape index (κ1) is 22.3. The van der Waals surface area contributed by atoms with Gasteiger partial charge >= 0.3 is 0 Å². The molecule has 4 aromatic rings. The lowest BCUT2D eigenvalue weighted by molar-refractivity contribution is 0.0937. The molecule has 0 saturated carbocycles. The molecule has 0 aliphatic heterocycles. The summed E-state index contributed by atoms with van der Waals surface area (Å²) in [5, 5.41) is 14.2. The van der Waals surface area contributed by atoms with Gasteiger partial charge in [-0.05, 0) is 11.6 Å². The maximum Gasteiger partial charge on any atom is 0.292 e. The van der Waals surface area contributed by atoms with Crippen molar-refractivity contribution in [1.82, 2.24) is 40.2 Å². The predicted octanol–water partition coefficient (Wildman–Crippen LogP) is 3.28. The van der Waals surface area contributed by atoms with E-state index in [1.807, 2.05) is 46.1 Å². The molecular formula is C21H22ClN9O2. The van der Waals surface area contributed by atoms with Crippen LogP contribution >= 0.6 is 11.6 Å². The lowest BCUT2D eigenvalue weighted by Gasteiger charge is -2.10. The summed E-state index contributed by atoms with van der Waals surface area (Å²) < 4.78 is 6.83. The minimum absolute atomic E-state index is 0.0224. The number of aryl methyl sites for hydroxylation is 1. The Morgan fingerprint density at radius 3 is 2.67 bits per heavy atom. The van der Waals surface area contributed by atoms with Crippen molar-refractivity contribution in [2.75, 3.05) is 5.32 Å². The molecule has 0 spiro atoms. The molecule has 2 N–H and O–H groups in total. The number of nitrogens with one attached hydrogen (secondary N) is 2. The van der Waals surface area contributed by atoms with E-state index in [1.54, 1.807) is 16.8 Å². The van der Waals surface area contributed by atoms with E-state index in [2.05, 4.69) is 40.8 Å². The van der Waals surface area contributed by atoms with E-state index >= 15 is 0 Å². The fraction of sp³-hybridized carbons (Fsp3) is 0.286. The normalized spacial score (nSPS) is 11.4. The summed E-state index contributed by atoms with van der Waals surface area (Å²) in [5.41, 5.74) is 1.08. The van der Waals surface area contributed by atoms with E-state index in [9.17, 15) is 4.79 Å². The average Bonchev–Trinajstić information content (AvgIpc) is 3.42. The summed E-state index contributed by atoms with van der Waals surface area (Å²) in [7, 11) is 1.82. The topological polar surface area (TPSA) is 137 Å². The van der Waals surface area contributed by atoms with Crippen LogP contribution in [0.1, 0.15) is 42.8 Å². The van der Waals surface area contributed by atoms with Gasteiger partial charge in [0.25, 0.3) is 11.7 Å². The van der Waals surface area contributed by atoms with Crippen LogP contribution < -0.4 is 10.6 Å². The standard InChI is InChI=1S/C21H22ClN9O2/c1-21(2,3)19-27-17(30-33-19)18(32)23-10-13-6-5-12(9-14(13)22)16-24-11-25-20(28-16)26-15-7-8-31(4)29-15/h5-9,11H,10H2,1-4H3,(H,23,32)(H,24,25,26,28,29). The van der Waals surface area contributed by atoms with Crippen LogP contribution in [0.3, 0.4) is 0 Å². The number of carbonyl (C=O) groups excluding carboxylic acids is 1. The highest BCUT2D eigenvalue weighted by atomic mass is 35.5. The van der Waals surface area contributed by atoms with Crippen LogP contribution in [0, 0.1) is 0 Å². The molecule has 0 saturated heterocycles. The van der Waals surface area contributed by atoms with Gasteiger partial charge in [-0.25, -0.2) is 9.97 Å². The number of carbonyl (C=O) groups is 1. The largest absolute Gasteiger partial charge is 0.345 e. The molecule has 0 aliphatic carbocycles. The first-order valence-corrected chi connectivity index (χ1v) is 10.4. The van der Waals surface area contributed by atoms with Gasteiger partial charge in [-0.1, -0.05) is 49.7 Å². The van der Waals surface area contributed by atoms with Crippen molar-refractivity contribution in [2.45, 2.75) is 32.7 Å². The first-order valence-electron chi connectivity index (χ1n) is 10.1. The van der Waals surface area contributed by atoms with E-state index in [0.29, 0.717) is 39.6 Å². The Morgan fingerprint density at radius 2 is 2.00 bits per heavy atom. The quantitative estimate of drug-likeness (QED) is 0.437. The van der Waals surface area contributed by atoms with Crippen LogP contribution in [0.25, 0.3) is 11.4 Å². The van der Waals surface area contributed by atoms with E-state index in [1.165, 1.54) is 6.33 Å². The van der Waals surface area contributed by atoms with Crippen molar-refractivity contribution in [2.24, 2.45) is 7.05 Å². The smallest absolute Gasteiger partial charge is 0.292 e. The Balaban J connectivity index is 1.43. The lowest BCUT2D eigenvalue weighted by Crippen LogP contribution is -2.24. The van der Waals surface area contributed by atoms with Gasteiger partial charge in [0, 0.05) is 41.9 Å². The zero-order chi connectivity index (χ0) is 23.6. The van der Waals surface area contributed by atoms with Gasteiger partial charge in [-0.15, -0.1) is 0 Å². The summed E-state index contributed by atoms with van der Waals surface area (Å²) in [5.74, 6) is 1.35. The third-order valence-electron chi connectivity index (χ3n) is 4.55. The van der Waals surface area contributed by atoms with Crippen LogP contribution in [-0.4, -0.2) is 40.8 Å². The molecule has 0 unspecified atom stereocenters. The molecule has 0 fully saturated rings. The number of rotatable bonds is 6. The Morgan fingerprint density at radius 1 is 1.18 bits per heavy atom. The van der Waals surface area contributed by atoms with E-state index in [0.717, 1.165) is 0 Å². The predicted molar refractivity (Wildman–Crippen MR) is 121 cm³/mol. The fourth-order valence-corrected chi connectivity index (χ4v) is 3.04. The molecule has 1 aromatic carbocycles. The highest BCUT2D eigenvalue weighted by Gasteiger charge is 2.24. The van der Waals surface area contributed by atoms with Crippen LogP contribution in [0.5, 0.6) is 0 Å². The van der Waals surface area contributed by atoms with Crippen LogP contribution in [-0.2, 0) is 19.0 Å². The molecule has 12 heteroatoms. The van der Waals surface area contributed by atoms with Crippen LogP contribution in [0.4, 0.5) is 11.8 Å². The van der Waals surface area contributed by atoms with Gasteiger partial charge in [0.05, 0.1) is 0 Å². The van der Waals surface area contributed by atoms with Gasteiger partial charge < -0.3 is 15.2 Å². The molecule has 3 aromatic heterocycles. The Bertz CT molecular complexity index is 1290. The van der Waals surface area contributed by atoms with E-state index in [4.69, 9.17) is 16.1 Å². The SMILES string of the molecule is Cn1ccc(Nc2ncnc(-c3ccc(CNC(=O)c4noc(C(C)(C)C)n4)c(Cl)c3)n2)n1. The van der Waals surface area contributed by atoms with Crippen LogP contribution in [0.15, 0.2) is 41.3 Å². The minimum atomic E-state index is -0.447. The number of amides is 1. The summed E-state index contributed by atoms with van der Waals surface area (Å²) >= 11 is 6.44. The molecular weight excluding hydrogens is 446 g/mol. The Hall–Kier alpha value is -3.86. The van der Waals surface area contributed by atoms with Gasteiger partial charge in [0.2, 0.25) is 11.8 Å². The first-order chi connectivity index (χ1) is 15.7. The zero-order valence-corrected chi connectivity index (χ0v) is 19.3. The van der Waals surface area contributed by atoms with Gasteiger partial charge in [-0.3, -0.25) is 9.48 Å². The molecule has 0 radical (unpaired) electrons. The molecule has 11 nitrogen and oxygen atoms in total. The molecule has 4 rings (SSSR count). The minimum Gasteiger partial charge on any atom is -0.345 e. The third kappa shape index (κ3) is 5.32. The van der Waals surface area contributed by atoms with Crippen molar-refractivity contribution in [3.8, 4) is 11.4 Å². The number of benzene rings is 1. The number of anilines is 2. The fourth-order valence-electron chi connectivity index (χ4n) is 2.80. The van der Waals surface area contributed by atoms with Gasteiger partial charge in [0.15, 0.2) is 11.6 Å². The molecule has 0 atom stereocenters. The number of aromatic nitrogens is 7. The number of hydrogen-bond donors (Lipinski definition) is 2. The zero-order valence-electron chi connectivity index (χ0n) is 18.5.